The summed E-state index contributed by atoms with van der Waals surface area (Å²) >= 11 is 5.61. The molecule has 1 fully saturated rings. The second kappa shape index (κ2) is 7.14. The smallest absolute Gasteiger partial charge is 0.170 e. The van der Waals surface area contributed by atoms with Crippen LogP contribution in [0.2, 0.25) is 0 Å². The van der Waals surface area contributed by atoms with E-state index in [9.17, 15) is 0 Å². The van der Waals surface area contributed by atoms with Crippen LogP contribution in [0.15, 0.2) is 42.9 Å². The largest absolute Gasteiger partial charge is 0.383 e. The number of rotatable bonds is 5. The lowest BCUT2D eigenvalue weighted by atomic mass is 9.99. The van der Waals surface area contributed by atoms with Crippen LogP contribution in [0.25, 0.3) is 0 Å². The molecule has 1 aliphatic rings. The molecule has 0 aromatic carbocycles. The molecule has 0 unspecified atom stereocenters. The van der Waals surface area contributed by atoms with Crippen LogP contribution in [0.5, 0.6) is 0 Å². The van der Waals surface area contributed by atoms with Crippen LogP contribution in [-0.2, 0) is 10.3 Å². The van der Waals surface area contributed by atoms with E-state index in [1.807, 2.05) is 24.4 Å². The van der Waals surface area contributed by atoms with E-state index >= 15 is 0 Å². The van der Waals surface area contributed by atoms with Gasteiger partial charge in [-0.25, -0.2) is 0 Å². The number of aromatic nitrogens is 2. The van der Waals surface area contributed by atoms with E-state index in [4.69, 9.17) is 17.0 Å². The summed E-state index contributed by atoms with van der Waals surface area (Å²) in [5.74, 6) is 0. The van der Waals surface area contributed by atoms with Crippen LogP contribution in [0.4, 0.5) is 0 Å². The van der Waals surface area contributed by atoms with Crippen LogP contribution < -0.4 is 5.32 Å². The van der Waals surface area contributed by atoms with Crippen LogP contribution >= 0.6 is 12.2 Å². The van der Waals surface area contributed by atoms with Gasteiger partial charge in [-0.2, -0.15) is 0 Å². The Bertz CT molecular complexity index is 723. The van der Waals surface area contributed by atoms with Gasteiger partial charge in [0.05, 0.1) is 24.4 Å². The number of nitrogens with one attached hydrogen (secondary N) is 1. The third kappa shape index (κ3) is 3.70. The SMILES string of the molecule is COCCN1C(=S)N[C@@H](c2ccccn2)[C@H]1c1ccn(C(C)(C)C)c1. The van der Waals surface area contributed by atoms with Gasteiger partial charge in [0.15, 0.2) is 5.11 Å². The molecule has 2 atom stereocenters. The van der Waals surface area contributed by atoms with Gasteiger partial charge in [-0.05, 0) is 56.8 Å². The summed E-state index contributed by atoms with van der Waals surface area (Å²) < 4.78 is 7.53. The first-order valence-electron chi connectivity index (χ1n) is 8.57. The summed E-state index contributed by atoms with van der Waals surface area (Å²) in [6, 6.07) is 8.31. The Morgan fingerprint density at radius 1 is 1.28 bits per heavy atom. The van der Waals surface area contributed by atoms with E-state index in [2.05, 4.69) is 59.0 Å². The lowest BCUT2D eigenvalue weighted by Gasteiger charge is -2.27. The maximum atomic E-state index is 5.61. The summed E-state index contributed by atoms with van der Waals surface area (Å²) in [6.45, 7) is 7.98. The molecule has 0 bridgehead atoms. The predicted octanol–water partition coefficient (Wildman–Crippen LogP) is 3.26. The summed E-state index contributed by atoms with van der Waals surface area (Å²) in [7, 11) is 1.72. The Balaban J connectivity index is 1.98. The molecule has 0 amide bonds. The van der Waals surface area contributed by atoms with E-state index in [-0.39, 0.29) is 17.6 Å². The van der Waals surface area contributed by atoms with E-state index < -0.39 is 0 Å². The zero-order chi connectivity index (χ0) is 18.0. The highest BCUT2D eigenvalue weighted by Gasteiger charge is 2.40. The number of thiocarbonyl (C=S) groups is 1. The molecular formula is C19H26N4OS. The molecule has 3 heterocycles. The molecule has 5 nitrogen and oxygen atoms in total. The van der Waals surface area contributed by atoms with Gasteiger partial charge in [0.1, 0.15) is 0 Å². The predicted molar refractivity (Wildman–Crippen MR) is 103 cm³/mol. The fourth-order valence-corrected chi connectivity index (χ4v) is 3.54. The monoisotopic (exact) mass is 358 g/mol. The van der Waals surface area contributed by atoms with Crippen molar-refractivity contribution < 1.29 is 4.74 Å². The summed E-state index contributed by atoms with van der Waals surface area (Å²) in [5.41, 5.74) is 2.27. The molecule has 1 N–H and O–H groups in total. The summed E-state index contributed by atoms with van der Waals surface area (Å²) in [5, 5.41) is 4.21. The lowest BCUT2D eigenvalue weighted by Crippen LogP contribution is -2.32. The van der Waals surface area contributed by atoms with Crippen molar-refractivity contribution in [3.8, 4) is 0 Å². The Morgan fingerprint density at radius 2 is 2.08 bits per heavy atom. The van der Waals surface area contributed by atoms with Gasteiger partial charge in [-0.15, -0.1) is 0 Å². The Labute approximate surface area is 155 Å². The average molecular weight is 359 g/mol. The zero-order valence-corrected chi connectivity index (χ0v) is 16.1. The number of hydrogen-bond acceptors (Lipinski definition) is 3. The third-order valence-electron chi connectivity index (χ3n) is 4.57. The van der Waals surface area contributed by atoms with E-state index in [0.717, 1.165) is 17.4 Å². The minimum Gasteiger partial charge on any atom is -0.383 e. The highest BCUT2D eigenvalue weighted by Crippen LogP contribution is 2.38. The Morgan fingerprint density at radius 3 is 2.68 bits per heavy atom. The molecule has 1 saturated heterocycles. The summed E-state index contributed by atoms with van der Waals surface area (Å²) in [6.07, 6.45) is 6.19. The molecule has 0 saturated carbocycles. The van der Waals surface area contributed by atoms with Crippen LogP contribution in [0.3, 0.4) is 0 Å². The number of methoxy groups -OCH3 is 1. The normalized spacial score (nSPS) is 20.8. The third-order valence-corrected chi connectivity index (χ3v) is 4.92. The zero-order valence-electron chi connectivity index (χ0n) is 15.3. The molecule has 1 aliphatic heterocycles. The average Bonchev–Trinajstić information content (AvgIpc) is 3.18. The van der Waals surface area contributed by atoms with E-state index in [0.29, 0.717) is 6.61 Å². The van der Waals surface area contributed by atoms with Crippen LogP contribution in [0, 0.1) is 0 Å². The first kappa shape index (κ1) is 17.9. The number of ether oxygens (including phenoxy) is 1. The molecular weight excluding hydrogens is 332 g/mol. The van der Waals surface area contributed by atoms with E-state index in [1.54, 1.807) is 7.11 Å². The number of pyridine rings is 1. The molecule has 2 aromatic rings. The topological polar surface area (TPSA) is 42.3 Å². The van der Waals surface area contributed by atoms with Crippen molar-refractivity contribution in [2.75, 3.05) is 20.3 Å². The van der Waals surface area contributed by atoms with Crippen molar-refractivity contribution in [2.45, 2.75) is 38.4 Å². The molecule has 0 spiro atoms. The van der Waals surface area contributed by atoms with Gasteiger partial charge in [-0.3, -0.25) is 4.98 Å². The van der Waals surface area contributed by atoms with Crippen LogP contribution in [-0.4, -0.2) is 39.8 Å². The molecule has 134 valence electrons. The van der Waals surface area contributed by atoms with Gasteiger partial charge in [0.25, 0.3) is 0 Å². The lowest BCUT2D eigenvalue weighted by molar-refractivity contribution is 0.164. The second-order valence-electron chi connectivity index (χ2n) is 7.34. The van der Waals surface area contributed by atoms with Gasteiger partial charge < -0.3 is 19.5 Å². The van der Waals surface area contributed by atoms with Gasteiger partial charge in [-0.1, -0.05) is 6.07 Å². The first-order chi connectivity index (χ1) is 11.9. The quantitative estimate of drug-likeness (QED) is 0.831. The molecule has 0 aliphatic carbocycles. The van der Waals surface area contributed by atoms with Crippen molar-refractivity contribution in [1.82, 2.24) is 19.8 Å². The minimum absolute atomic E-state index is 0.0291. The van der Waals surface area contributed by atoms with Crippen LogP contribution in [0.1, 0.15) is 44.1 Å². The second-order valence-corrected chi connectivity index (χ2v) is 7.72. The van der Waals surface area contributed by atoms with Gasteiger partial charge in [0.2, 0.25) is 0 Å². The first-order valence-corrected chi connectivity index (χ1v) is 8.98. The molecule has 2 aromatic heterocycles. The minimum atomic E-state index is 0.0291. The van der Waals surface area contributed by atoms with Gasteiger partial charge in [0, 0.05) is 37.8 Å². The molecule has 0 radical (unpaired) electrons. The van der Waals surface area contributed by atoms with E-state index in [1.165, 1.54) is 5.56 Å². The molecule has 6 heteroatoms. The standard InChI is InChI=1S/C19H26N4OS/c1-19(2,3)22-10-8-14(13-22)17-16(15-7-5-6-9-20-15)21-18(25)23(17)11-12-24-4/h5-10,13,16-17H,11-12H2,1-4H3,(H,21,25)/t16-,17+/m0/s1. The fraction of sp³-hybridized carbons (Fsp3) is 0.474. The maximum Gasteiger partial charge on any atom is 0.170 e. The maximum absolute atomic E-state index is 5.61. The van der Waals surface area contributed by atoms with Gasteiger partial charge >= 0.3 is 0 Å². The van der Waals surface area contributed by atoms with Crippen molar-refractivity contribution in [2.24, 2.45) is 0 Å². The number of nitrogens with zero attached hydrogens (tertiary/aromatic N) is 3. The van der Waals surface area contributed by atoms with Crippen molar-refractivity contribution in [1.29, 1.82) is 0 Å². The highest BCUT2D eigenvalue weighted by molar-refractivity contribution is 7.80. The Hall–Kier alpha value is -1.92. The highest BCUT2D eigenvalue weighted by atomic mass is 32.1. The number of hydrogen-bond donors (Lipinski definition) is 1. The van der Waals surface area contributed by atoms with Crippen molar-refractivity contribution >= 4 is 17.3 Å². The van der Waals surface area contributed by atoms with Crippen molar-refractivity contribution in [3.05, 3.63) is 54.1 Å². The summed E-state index contributed by atoms with van der Waals surface area (Å²) in [4.78, 5) is 6.76. The molecule has 3 rings (SSSR count). The Kier molecular flexibility index (Phi) is 5.11. The fourth-order valence-electron chi connectivity index (χ4n) is 3.20. The molecule has 25 heavy (non-hydrogen) atoms. The van der Waals surface area contributed by atoms with Crippen molar-refractivity contribution in [3.63, 3.8) is 0 Å².